The van der Waals surface area contributed by atoms with Crippen molar-refractivity contribution in [2.45, 2.75) is 13.8 Å². The molecule has 0 aliphatic carbocycles. The molecular formula is C10H11ClN2O4. The van der Waals surface area contributed by atoms with E-state index in [0.717, 1.165) is 0 Å². The highest BCUT2D eigenvalue weighted by atomic mass is 35.5. The molecule has 0 aromatic carbocycles. The van der Waals surface area contributed by atoms with Crippen molar-refractivity contribution in [2.75, 3.05) is 13.2 Å². The molecule has 0 radical (unpaired) electrons. The van der Waals surface area contributed by atoms with Crippen LogP contribution in [0.3, 0.4) is 0 Å². The normalized spacial score (nSPS) is 9.82. The van der Waals surface area contributed by atoms with Crippen molar-refractivity contribution < 1.29 is 19.1 Å². The summed E-state index contributed by atoms with van der Waals surface area (Å²) in [4.78, 5) is 23.1. The molecule has 1 heterocycles. The molecule has 0 N–H and O–H groups in total. The molecule has 0 spiro atoms. The van der Waals surface area contributed by atoms with Crippen LogP contribution >= 0.6 is 11.6 Å². The maximum absolute atomic E-state index is 11.6. The number of halogens is 1. The number of aromatic nitrogens is 2. The van der Waals surface area contributed by atoms with Crippen LogP contribution in [-0.2, 0) is 9.47 Å². The molecule has 0 amide bonds. The van der Waals surface area contributed by atoms with Crippen LogP contribution in [0.2, 0.25) is 5.15 Å². The van der Waals surface area contributed by atoms with Crippen LogP contribution in [0.15, 0.2) is 6.07 Å². The minimum atomic E-state index is -0.736. The van der Waals surface area contributed by atoms with E-state index in [4.69, 9.17) is 21.1 Å². The molecule has 0 atom stereocenters. The van der Waals surface area contributed by atoms with Crippen molar-refractivity contribution in [3.8, 4) is 0 Å². The van der Waals surface area contributed by atoms with Crippen LogP contribution < -0.4 is 0 Å². The molecule has 0 bridgehead atoms. The van der Waals surface area contributed by atoms with Gasteiger partial charge in [0.1, 0.15) is 0 Å². The van der Waals surface area contributed by atoms with Gasteiger partial charge in [0.05, 0.1) is 18.8 Å². The Morgan fingerprint density at radius 2 is 1.76 bits per heavy atom. The first kappa shape index (κ1) is 13.4. The molecule has 1 aromatic rings. The predicted molar refractivity (Wildman–Crippen MR) is 59.0 cm³/mol. The quantitative estimate of drug-likeness (QED) is 0.761. The third kappa shape index (κ3) is 3.39. The second-order valence-electron chi connectivity index (χ2n) is 2.87. The summed E-state index contributed by atoms with van der Waals surface area (Å²) in [6.45, 7) is 3.65. The van der Waals surface area contributed by atoms with E-state index in [-0.39, 0.29) is 29.6 Å². The molecular weight excluding hydrogens is 248 g/mol. The Hall–Kier alpha value is -1.69. The van der Waals surface area contributed by atoms with Gasteiger partial charge in [-0.25, -0.2) is 9.59 Å². The molecule has 6 nitrogen and oxygen atoms in total. The number of carbonyl (C=O) groups excluding carboxylic acids is 2. The maximum atomic E-state index is 11.6. The molecule has 0 saturated heterocycles. The lowest BCUT2D eigenvalue weighted by atomic mass is 10.2. The van der Waals surface area contributed by atoms with E-state index < -0.39 is 11.9 Å². The third-order valence-electron chi connectivity index (χ3n) is 1.73. The molecule has 7 heteroatoms. The summed E-state index contributed by atoms with van der Waals surface area (Å²) in [7, 11) is 0. The molecule has 0 saturated carbocycles. The standard InChI is InChI=1S/C10H11ClN2O4/c1-3-16-9(14)6-5-7(11)12-13-8(6)10(15)17-4-2/h5H,3-4H2,1-2H3. The van der Waals surface area contributed by atoms with E-state index in [9.17, 15) is 9.59 Å². The van der Waals surface area contributed by atoms with Gasteiger partial charge in [-0.3, -0.25) is 0 Å². The van der Waals surface area contributed by atoms with E-state index in [1.165, 1.54) is 6.07 Å². The zero-order valence-electron chi connectivity index (χ0n) is 9.40. The van der Waals surface area contributed by atoms with Crippen LogP contribution in [-0.4, -0.2) is 35.3 Å². The largest absolute Gasteiger partial charge is 0.462 e. The minimum absolute atomic E-state index is 0.00102. The van der Waals surface area contributed by atoms with Gasteiger partial charge in [-0.1, -0.05) is 11.6 Å². The summed E-state index contributed by atoms with van der Waals surface area (Å²) >= 11 is 5.61. The number of nitrogens with zero attached hydrogens (tertiary/aromatic N) is 2. The first-order chi connectivity index (χ1) is 8.10. The van der Waals surface area contributed by atoms with Gasteiger partial charge < -0.3 is 9.47 Å². The van der Waals surface area contributed by atoms with Crippen LogP contribution in [0.5, 0.6) is 0 Å². The first-order valence-electron chi connectivity index (χ1n) is 4.97. The maximum Gasteiger partial charge on any atom is 0.359 e. The highest BCUT2D eigenvalue weighted by molar-refractivity contribution is 6.29. The van der Waals surface area contributed by atoms with Gasteiger partial charge in [0.2, 0.25) is 0 Å². The van der Waals surface area contributed by atoms with Crippen molar-refractivity contribution >= 4 is 23.5 Å². The third-order valence-corrected chi connectivity index (χ3v) is 1.91. The fraction of sp³-hybridized carbons (Fsp3) is 0.400. The highest BCUT2D eigenvalue weighted by Crippen LogP contribution is 2.13. The Balaban J connectivity index is 3.11. The zero-order valence-corrected chi connectivity index (χ0v) is 10.2. The van der Waals surface area contributed by atoms with E-state index in [2.05, 4.69) is 10.2 Å². The zero-order chi connectivity index (χ0) is 12.8. The fourth-order valence-electron chi connectivity index (χ4n) is 1.08. The molecule has 1 rings (SSSR count). The van der Waals surface area contributed by atoms with Gasteiger partial charge in [-0.05, 0) is 19.9 Å². The molecule has 0 aliphatic heterocycles. The molecule has 1 aromatic heterocycles. The Kier molecular flexibility index (Phi) is 4.84. The smallest absolute Gasteiger partial charge is 0.359 e. The number of hydrogen-bond donors (Lipinski definition) is 0. The highest BCUT2D eigenvalue weighted by Gasteiger charge is 2.22. The summed E-state index contributed by atoms with van der Waals surface area (Å²) in [6.07, 6.45) is 0. The Morgan fingerprint density at radius 3 is 2.35 bits per heavy atom. The molecule has 0 unspecified atom stereocenters. The van der Waals surface area contributed by atoms with Crippen LogP contribution in [0.1, 0.15) is 34.7 Å². The second-order valence-corrected chi connectivity index (χ2v) is 3.26. The monoisotopic (exact) mass is 258 g/mol. The molecule has 92 valence electrons. The van der Waals surface area contributed by atoms with Crippen LogP contribution in [0.25, 0.3) is 0 Å². The van der Waals surface area contributed by atoms with Gasteiger partial charge >= 0.3 is 11.9 Å². The van der Waals surface area contributed by atoms with E-state index >= 15 is 0 Å². The number of rotatable bonds is 4. The van der Waals surface area contributed by atoms with E-state index in [1.807, 2.05) is 0 Å². The average Bonchev–Trinajstić information content (AvgIpc) is 2.29. The van der Waals surface area contributed by atoms with Crippen molar-refractivity contribution in [3.05, 3.63) is 22.5 Å². The number of carbonyl (C=O) groups is 2. The number of esters is 2. The lowest BCUT2D eigenvalue weighted by Gasteiger charge is -2.06. The summed E-state index contributed by atoms with van der Waals surface area (Å²) in [5, 5.41) is 7.04. The summed E-state index contributed by atoms with van der Waals surface area (Å²) in [6, 6.07) is 1.22. The van der Waals surface area contributed by atoms with Gasteiger partial charge in [-0.2, -0.15) is 0 Å². The van der Waals surface area contributed by atoms with E-state index in [0.29, 0.717) is 0 Å². The average molecular weight is 259 g/mol. The van der Waals surface area contributed by atoms with Gasteiger partial charge in [-0.15, -0.1) is 10.2 Å². The fourth-order valence-corrected chi connectivity index (χ4v) is 1.23. The lowest BCUT2D eigenvalue weighted by molar-refractivity contribution is 0.0472. The second kappa shape index (κ2) is 6.15. The summed E-state index contributed by atoms with van der Waals surface area (Å²) in [5.74, 6) is -1.42. The first-order valence-corrected chi connectivity index (χ1v) is 5.35. The Bertz CT molecular complexity index is 436. The topological polar surface area (TPSA) is 78.4 Å². The Labute approximate surface area is 103 Å². The van der Waals surface area contributed by atoms with Crippen molar-refractivity contribution in [3.63, 3.8) is 0 Å². The summed E-state index contributed by atoms with van der Waals surface area (Å²) < 4.78 is 9.52. The number of ether oxygens (including phenoxy) is 2. The van der Waals surface area contributed by atoms with Crippen molar-refractivity contribution in [2.24, 2.45) is 0 Å². The Morgan fingerprint density at radius 1 is 1.18 bits per heavy atom. The SMILES string of the molecule is CCOC(=O)c1cc(Cl)nnc1C(=O)OCC. The van der Waals surface area contributed by atoms with Gasteiger partial charge in [0.25, 0.3) is 0 Å². The van der Waals surface area contributed by atoms with Gasteiger partial charge in [0.15, 0.2) is 10.8 Å². The van der Waals surface area contributed by atoms with Gasteiger partial charge in [0, 0.05) is 0 Å². The minimum Gasteiger partial charge on any atom is -0.462 e. The lowest BCUT2D eigenvalue weighted by Crippen LogP contribution is -2.16. The molecule has 0 fully saturated rings. The predicted octanol–water partition coefficient (Wildman–Crippen LogP) is 1.48. The molecule has 0 aliphatic rings. The van der Waals surface area contributed by atoms with Crippen molar-refractivity contribution in [1.82, 2.24) is 10.2 Å². The molecule has 17 heavy (non-hydrogen) atoms. The number of hydrogen-bond acceptors (Lipinski definition) is 6. The van der Waals surface area contributed by atoms with E-state index in [1.54, 1.807) is 13.8 Å². The summed E-state index contributed by atoms with van der Waals surface area (Å²) in [5.41, 5.74) is -0.250. The van der Waals surface area contributed by atoms with Crippen LogP contribution in [0.4, 0.5) is 0 Å². The van der Waals surface area contributed by atoms with Crippen LogP contribution in [0, 0.1) is 0 Å². The van der Waals surface area contributed by atoms with Crippen molar-refractivity contribution in [1.29, 1.82) is 0 Å².